The van der Waals surface area contributed by atoms with Crippen LogP contribution in [-0.2, 0) is 9.59 Å². The maximum atomic E-state index is 11.6. The molecule has 0 aliphatic carbocycles. The molecule has 0 aliphatic rings. The minimum atomic E-state index is -0.901. The summed E-state index contributed by atoms with van der Waals surface area (Å²) in [4.78, 5) is 22.0. The maximum Gasteiger partial charge on any atom is 0.313 e. The molecule has 7 nitrogen and oxygen atoms in total. The molecule has 1 atom stereocenters. The summed E-state index contributed by atoms with van der Waals surface area (Å²) in [5.74, 6) is -1.06. The number of aliphatic carboxylic acids is 1. The molecule has 3 N–H and O–H groups in total. The van der Waals surface area contributed by atoms with Gasteiger partial charge in [-0.1, -0.05) is 30.0 Å². The Hall–Kier alpha value is -1.35. The van der Waals surface area contributed by atoms with Gasteiger partial charge in [-0.05, 0) is 13.3 Å². The number of carboxylic acid groups (broad SMARTS) is 1. The Labute approximate surface area is 119 Å². The van der Waals surface area contributed by atoms with Crippen molar-refractivity contribution in [3.8, 4) is 0 Å². The summed E-state index contributed by atoms with van der Waals surface area (Å²) >= 11 is 2.33. The van der Waals surface area contributed by atoms with Crippen molar-refractivity contribution in [1.82, 2.24) is 15.5 Å². The van der Waals surface area contributed by atoms with Crippen LogP contribution in [0.15, 0.2) is 4.34 Å². The third-order valence-corrected chi connectivity index (χ3v) is 3.98. The molecule has 0 radical (unpaired) electrons. The Balaban J connectivity index is 2.44. The summed E-state index contributed by atoms with van der Waals surface area (Å²) in [6, 6.07) is -0.406. The quantitative estimate of drug-likeness (QED) is 0.616. The lowest BCUT2D eigenvalue weighted by Crippen LogP contribution is -2.37. The van der Waals surface area contributed by atoms with Crippen LogP contribution < -0.4 is 10.6 Å². The molecule has 0 fully saturated rings. The van der Waals surface area contributed by atoms with Gasteiger partial charge in [-0.25, -0.2) is 0 Å². The highest BCUT2D eigenvalue weighted by atomic mass is 32.2. The van der Waals surface area contributed by atoms with Crippen molar-refractivity contribution in [1.29, 1.82) is 0 Å². The summed E-state index contributed by atoms with van der Waals surface area (Å²) in [6.45, 7) is 4.35. The average Bonchev–Trinajstić information content (AvgIpc) is 2.81. The van der Waals surface area contributed by atoms with E-state index in [1.165, 1.54) is 11.3 Å². The third kappa shape index (κ3) is 5.88. The summed E-state index contributed by atoms with van der Waals surface area (Å²) in [5.41, 5.74) is 0. The molecule has 0 aliphatic heterocycles. The monoisotopic (exact) mass is 304 g/mol. The smallest absolute Gasteiger partial charge is 0.313 e. The standard InChI is InChI=1S/C10H16N4O3S2/c1-3-4-11-8(17)6(2)12-9-13-14-10(19-9)18-5-7(15)16/h6H,3-5H2,1-2H3,(H,11,17)(H,12,13)(H,15,16). The van der Waals surface area contributed by atoms with E-state index in [9.17, 15) is 9.59 Å². The van der Waals surface area contributed by atoms with E-state index in [1.54, 1.807) is 6.92 Å². The van der Waals surface area contributed by atoms with E-state index in [4.69, 9.17) is 5.11 Å². The molecular formula is C10H16N4O3S2. The first-order valence-corrected chi connectivity index (χ1v) is 7.55. The van der Waals surface area contributed by atoms with E-state index < -0.39 is 12.0 Å². The van der Waals surface area contributed by atoms with E-state index in [2.05, 4.69) is 20.8 Å². The number of carboxylic acids is 1. The van der Waals surface area contributed by atoms with Crippen LogP contribution in [0.4, 0.5) is 5.13 Å². The van der Waals surface area contributed by atoms with Gasteiger partial charge in [-0.2, -0.15) is 0 Å². The van der Waals surface area contributed by atoms with E-state index in [1.807, 2.05) is 6.92 Å². The fourth-order valence-electron chi connectivity index (χ4n) is 1.10. The topological polar surface area (TPSA) is 104 Å². The second-order valence-electron chi connectivity index (χ2n) is 3.71. The molecule has 1 heterocycles. The number of amides is 1. The highest BCUT2D eigenvalue weighted by Gasteiger charge is 2.14. The molecule has 0 spiro atoms. The predicted octanol–water partition coefficient (Wildman–Crippen LogP) is 1.04. The molecule has 0 bridgehead atoms. The Kier molecular flexibility index (Phi) is 6.57. The van der Waals surface area contributed by atoms with Crippen LogP contribution in [0.3, 0.4) is 0 Å². The Morgan fingerprint density at radius 1 is 1.47 bits per heavy atom. The van der Waals surface area contributed by atoms with Crippen molar-refractivity contribution >= 4 is 40.1 Å². The number of aromatic nitrogens is 2. The van der Waals surface area contributed by atoms with E-state index in [0.717, 1.165) is 18.2 Å². The van der Waals surface area contributed by atoms with Crippen molar-refractivity contribution in [3.05, 3.63) is 0 Å². The number of anilines is 1. The molecule has 1 rings (SSSR count). The maximum absolute atomic E-state index is 11.6. The summed E-state index contributed by atoms with van der Waals surface area (Å²) in [6.07, 6.45) is 0.882. The lowest BCUT2D eigenvalue weighted by molar-refractivity contribution is -0.134. The van der Waals surface area contributed by atoms with Crippen LogP contribution in [0, 0.1) is 0 Å². The Morgan fingerprint density at radius 3 is 2.84 bits per heavy atom. The molecule has 9 heteroatoms. The molecule has 19 heavy (non-hydrogen) atoms. The number of carbonyl (C=O) groups is 2. The van der Waals surface area contributed by atoms with Crippen LogP contribution in [0.2, 0.25) is 0 Å². The molecule has 106 valence electrons. The summed E-state index contributed by atoms with van der Waals surface area (Å²) in [5, 5.41) is 22.5. The van der Waals surface area contributed by atoms with Gasteiger partial charge in [0.2, 0.25) is 11.0 Å². The zero-order valence-electron chi connectivity index (χ0n) is 10.7. The van der Waals surface area contributed by atoms with Gasteiger partial charge in [-0.3, -0.25) is 9.59 Å². The minimum absolute atomic E-state index is 0.0544. The van der Waals surface area contributed by atoms with Crippen LogP contribution in [0.5, 0.6) is 0 Å². The normalized spacial score (nSPS) is 11.9. The Bertz CT molecular complexity index is 438. The predicted molar refractivity (Wildman–Crippen MR) is 74.7 cm³/mol. The fourth-order valence-corrected chi connectivity index (χ4v) is 2.66. The van der Waals surface area contributed by atoms with Gasteiger partial charge in [0.15, 0.2) is 4.34 Å². The lowest BCUT2D eigenvalue weighted by atomic mass is 10.3. The average molecular weight is 304 g/mol. The first kappa shape index (κ1) is 15.7. The summed E-state index contributed by atoms with van der Waals surface area (Å²) in [7, 11) is 0. The van der Waals surface area contributed by atoms with Crippen LogP contribution >= 0.6 is 23.1 Å². The van der Waals surface area contributed by atoms with E-state index in [0.29, 0.717) is 16.0 Å². The van der Waals surface area contributed by atoms with E-state index in [-0.39, 0.29) is 11.7 Å². The van der Waals surface area contributed by atoms with Gasteiger partial charge >= 0.3 is 5.97 Å². The SMILES string of the molecule is CCCNC(=O)C(C)Nc1nnc(SCC(=O)O)s1. The number of hydrogen-bond acceptors (Lipinski definition) is 7. The number of thioether (sulfide) groups is 1. The van der Waals surface area contributed by atoms with E-state index >= 15 is 0 Å². The Morgan fingerprint density at radius 2 is 2.21 bits per heavy atom. The highest BCUT2D eigenvalue weighted by Crippen LogP contribution is 2.25. The van der Waals surface area contributed by atoms with Crippen molar-refractivity contribution in [2.24, 2.45) is 0 Å². The summed E-state index contributed by atoms with van der Waals surface area (Å²) < 4.78 is 0.561. The molecule has 0 aromatic carbocycles. The van der Waals surface area contributed by atoms with Gasteiger partial charge < -0.3 is 15.7 Å². The minimum Gasteiger partial charge on any atom is -0.481 e. The van der Waals surface area contributed by atoms with Gasteiger partial charge in [0.1, 0.15) is 6.04 Å². The zero-order chi connectivity index (χ0) is 14.3. The molecule has 0 saturated heterocycles. The third-order valence-electron chi connectivity index (χ3n) is 2.01. The van der Waals surface area contributed by atoms with Crippen LogP contribution in [0.25, 0.3) is 0 Å². The number of carbonyl (C=O) groups excluding carboxylic acids is 1. The molecular weight excluding hydrogens is 288 g/mol. The van der Waals surface area contributed by atoms with Crippen molar-refractivity contribution in [2.45, 2.75) is 30.6 Å². The molecule has 1 aromatic heterocycles. The number of nitrogens with one attached hydrogen (secondary N) is 2. The number of hydrogen-bond donors (Lipinski definition) is 3. The largest absolute Gasteiger partial charge is 0.481 e. The van der Waals surface area contributed by atoms with Crippen molar-refractivity contribution in [3.63, 3.8) is 0 Å². The van der Waals surface area contributed by atoms with Gasteiger partial charge in [0.05, 0.1) is 5.75 Å². The molecule has 1 aromatic rings. The van der Waals surface area contributed by atoms with Crippen molar-refractivity contribution in [2.75, 3.05) is 17.6 Å². The first-order valence-electron chi connectivity index (χ1n) is 5.75. The van der Waals surface area contributed by atoms with Gasteiger partial charge in [-0.15, -0.1) is 10.2 Å². The number of nitrogens with zero attached hydrogens (tertiary/aromatic N) is 2. The van der Waals surface area contributed by atoms with Crippen LogP contribution in [-0.4, -0.2) is 45.5 Å². The molecule has 1 unspecified atom stereocenters. The molecule has 1 amide bonds. The molecule has 0 saturated carbocycles. The lowest BCUT2D eigenvalue weighted by Gasteiger charge is -2.11. The van der Waals surface area contributed by atoms with Gasteiger partial charge in [0, 0.05) is 6.54 Å². The van der Waals surface area contributed by atoms with Gasteiger partial charge in [0.25, 0.3) is 0 Å². The second-order valence-corrected chi connectivity index (χ2v) is 5.91. The second kappa shape index (κ2) is 7.95. The highest BCUT2D eigenvalue weighted by molar-refractivity contribution is 8.01. The van der Waals surface area contributed by atoms with Crippen LogP contribution in [0.1, 0.15) is 20.3 Å². The first-order chi connectivity index (χ1) is 9.02. The fraction of sp³-hybridized carbons (Fsp3) is 0.600. The zero-order valence-corrected chi connectivity index (χ0v) is 12.3. The van der Waals surface area contributed by atoms with Crippen molar-refractivity contribution < 1.29 is 14.7 Å². The number of rotatable bonds is 8.